The lowest BCUT2D eigenvalue weighted by Crippen LogP contribution is -2.73. The molecule has 0 spiro atoms. The fourth-order valence-electron chi connectivity index (χ4n) is 2.12. The molecule has 0 aliphatic heterocycles. The number of aromatic nitrogens is 1. The van der Waals surface area contributed by atoms with Crippen molar-refractivity contribution in [1.82, 2.24) is 4.98 Å². The van der Waals surface area contributed by atoms with Gasteiger partial charge in [-0.25, -0.2) is 4.98 Å². The van der Waals surface area contributed by atoms with E-state index >= 15 is 0 Å². The zero-order valence-corrected chi connectivity index (χ0v) is 18.7. The van der Waals surface area contributed by atoms with Gasteiger partial charge in [-0.3, -0.25) is 9.59 Å². The van der Waals surface area contributed by atoms with Gasteiger partial charge in [0.1, 0.15) is 0 Å². The zero-order valence-electron chi connectivity index (χ0n) is 17.1. The lowest BCUT2D eigenvalue weighted by molar-refractivity contribution is -0.449. The second-order valence-corrected chi connectivity index (χ2v) is 7.82. The molecule has 0 unspecified atom stereocenters. The maximum atomic E-state index is 14.0. The summed E-state index contributed by atoms with van der Waals surface area (Å²) < 4.78 is 235. The van der Waals surface area contributed by atoms with Crippen LogP contribution in [-0.4, -0.2) is 64.7 Å². The van der Waals surface area contributed by atoms with Gasteiger partial charge in [0.25, 0.3) is 0 Å². The summed E-state index contributed by atoms with van der Waals surface area (Å²) in [5.74, 6) is -58.2. The average Bonchev–Trinajstić information content (AvgIpc) is 2.73. The molecule has 0 aliphatic rings. The summed E-state index contributed by atoms with van der Waals surface area (Å²) >= 11 is 2.45. The van der Waals surface area contributed by atoms with Gasteiger partial charge in [0.2, 0.25) is 0 Å². The molecule has 1 aromatic heterocycles. The highest BCUT2D eigenvalue weighted by molar-refractivity contribution is 9.10. The largest absolute Gasteiger partial charge is 0.471 e. The molecule has 2 amide bonds. The van der Waals surface area contributed by atoms with Crippen molar-refractivity contribution in [3.05, 3.63) is 16.7 Å². The molecule has 1 heterocycles. The molecule has 0 saturated heterocycles. The highest BCUT2D eigenvalue weighted by Gasteiger charge is 2.94. The zero-order chi connectivity index (χ0) is 31.4. The number of nitrogens with one attached hydrogen (secondary N) is 2. The Morgan fingerprint density at radius 3 is 1.44 bits per heavy atom. The van der Waals surface area contributed by atoms with Gasteiger partial charge in [0.15, 0.2) is 5.82 Å². The Morgan fingerprint density at radius 2 is 1.03 bits per heavy atom. The Labute approximate surface area is 209 Å². The van der Waals surface area contributed by atoms with Crippen LogP contribution in [0.15, 0.2) is 16.7 Å². The number of halogens is 19. The van der Waals surface area contributed by atoms with Crippen LogP contribution >= 0.6 is 15.9 Å². The monoisotopic (exact) mass is 679 g/mol. The van der Waals surface area contributed by atoms with Crippen molar-refractivity contribution in [2.24, 2.45) is 0 Å². The van der Waals surface area contributed by atoms with Crippen molar-refractivity contribution in [2.75, 3.05) is 10.6 Å². The van der Waals surface area contributed by atoms with E-state index in [1.807, 2.05) is 0 Å². The van der Waals surface area contributed by atoms with Gasteiger partial charge in [-0.15, -0.1) is 0 Å². The fraction of sp³-hybridized carbons (Fsp3) is 0.533. The lowest BCUT2D eigenvalue weighted by atomic mass is 9.91. The van der Waals surface area contributed by atoms with Crippen molar-refractivity contribution in [2.45, 2.75) is 47.9 Å². The number of amides is 2. The van der Waals surface area contributed by atoms with Crippen molar-refractivity contribution in [3.8, 4) is 0 Å². The first-order chi connectivity index (χ1) is 16.9. The van der Waals surface area contributed by atoms with Gasteiger partial charge in [-0.2, -0.15) is 79.0 Å². The van der Waals surface area contributed by atoms with E-state index in [9.17, 15) is 88.6 Å². The quantitative estimate of drug-likeness (QED) is 0.302. The van der Waals surface area contributed by atoms with Crippen LogP contribution in [-0.2, 0) is 9.59 Å². The third-order valence-corrected chi connectivity index (χ3v) is 4.64. The van der Waals surface area contributed by atoms with Crippen LogP contribution in [0.4, 0.5) is 90.5 Å². The summed E-state index contributed by atoms with van der Waals surface area (Å²) in [6.07, 6.45) is -13.1. The van der Waals surface area contributed by atoms with E-state index in [-0.39, 0.29) is 6.07 Å². The number of pyridine rings is 1. The normalized spacial score (nSPS) is 14.7. The molecule has 0 aliphatic carbocycles. The van der Waals surface area contributed by atoms with Gasteiger partial charge in [-0.05, 0) is 22.0 Å². The minimum absolute atomic E-state index is 0.163. The molecule has 1 aromatic rings. The van der Waals surface area contributed by atoms with Gasteiger partial charge < -0.3 is 10.6 Å². The Bertz CT molecular complexity index is 1110. The van der Waals surface area contributed by atoms with E-state index < -0.39 is 75.7 Å². The van der Waals surface area contributed by atoms with Gasteiger partial charge in [0, 0.05) is 10.7 Å². The van der Waals surface area contributed by atoms with Crippen LogP contribution in [0, 0.1) is 0 Å². The standard InChI is InChI=1S/C15H4BrF18N3O2/c16-3-1-4(5(35-2-3)37-7(39)9(19,20)21)36-6(38)8(17,18)10(22,23)11(24,25)12(26,27)13(28,29)14(30,31)15(32,33)34/h1-2H,(H,36,38)(H,35,37,39). The highest BCUT2D eigenvalue weighted by atomic mass is 79.9. The molecule has 0 bridgehead atoms. The van der Waals surface area contributed by atoms with Crippen LogP contribution in [0.5, 0.6) is 0 Å². The van der Waals surface area contributed by atoms with E-state index in [1.54, 1.807) is 0 Å². The van der Waals surface area contributed by atoms with Crippen LogP contribution in [0.25, 0.3) is 0 Å². The molecule has 0 aromatic carbocycles. The summed E-state index contributed by atoms with van der Waals surface area (Å²) in [6, 6.07) is 0.163. The number of rotatable bonds is 8. The Balaban J connectivity index is 3.57. The molecular weight excluding hydrogens is 676 g/mol. The molecule has 5 nitrogen and oxygen atoms in total. The van der Waals surface area contributed by atoms with Crippen molar-refractivity contribution < 1.29 is 88.6 Å². The topological polar surface area (TPSA) is 71.1 Å². The predicted molar refractivity (Wildman–Crippen MR) is 91.0 cm³/mol. The predicted octanol–water partition coefficient (Wildman–Crippen LogP) is 6.66. The second kappa shape index (κ2) is 9.74. The molecule has 0 fully saturated rings. The minimum atomic E-state index is -8.66. The summed E-state index contributed by atoms with van der Waals surface area (Å²) in [4.78, 5) is 25.4. The molecule has 0 atom stereocenters. The maximum Gasteiger partial charge on any atom is 0.471 e. The summed E-state index contributed by atoms with van der Waals surface area (Å²) in [5.41, 5.74) is -1.69. The Kier molecular flexibility index (Phi) is 8.58. The fourth-order valence-corrected chi connectivity index (χ4v) is 2.45. The van der Waals surface area contributed by atoms with Crippen LogP contribution in [0.1, 0.15) is 0 Å². The second-order valence-electron chi connectivity index (χ2n) is 6.90. The van der Waals surface area contributed by atoms with Crippen molar-refractivity contribution >= 4 is 39.2 Å². The molecular formula is C15H4BrF18N3O2. The number of carbonyl (C=O) groups excluding carboxylic acids is 2. The summed E-state index contributed by atoms with van der Waals surface area (Å²) in [5, 5.41) is 1.21. The number of hydrogen-bond acceptors (Lipinski definition) is 3. The summed E-state index contributed by atoms with van der Waals surface area (Å²) in [7, 11) is 0. The van der Waals surface area contributed by atoms with Gasteiger partial charge in [-0.1, -0.05) is 0 Å². The molecule has 2 N–H and O–H groups in total. The molecule has 0 radical (unpaired) electrons. The molecule has 0 saturated carbocycles. The lowest BCUT2D eigenvalue weighted by Gasteiger charge is -2.41. The smallest absolute Gasteiger partial charge is 0.317 e. The highest BCUT2D eigenvalue weighted by Crippen LogP contribution is 2.62. The summed E-state index contributed by atoms with van der Waals surface area (Å²) in [6.45, 7) is 0. The van der Waals surface area contributed by atoms with Crippen LogP contribution in [0.3, 0.4) is 0 Å². The van der Waals surface area contributed by atoms with E-state index in [2.05, 4.69) is 20.9 Å². The van der Waals surface area contributed by atoms with E-state index in [1.165, 1.54) is 0 Å². The Morgan fingerprint density at radius 1 is 0.615 bits per heavy atom. The van der Waals surface area contributed by atoms with E-state index in [0.29, 0.717) is 11.5 Å². The number of carbonyl (C=O) groups is 2. The third-order valence-electron chi connectivity index (χ3n) is 4.20. The Hall–Kier alpha value is -2.69. The maximum absolute atomic E-state index is 14.0. The number of alkyl halides is 18. The van der Waals surface area contributed by atoms with Crippen LogP contribution in [0.2, 0.25) is 0 Å². The minimum Gasteiger partial charge on any atom is -0.317 e. The molecule has 24 heteroatoms. The molecule has 39 heavy (non-hydrogen) atoms. The van der Waals surface area contributed by atoms with E-state index in [4.69, 9.17) is 0 Å². The first kappa shape index (κ1) is 34.3. The van der Waals surface area contributed by atoms with Crippen molar-refractivity contribution in [1.29, 1.82) is 0 Å². The third kappa shape index (κ3) is 5.51. The average molecular weight is 680 g/mol. The van der Waals surface area contributed by atoms with Gasteiger partial charge in [0.05, 0.1) is 5.69 Å². The molecule has 224 valence electrons. The SMILES string of the molecule is O=C(Nc1ncc(Br)cc1NC(=O)C(F)(F)C(F)(F)C(F)(F)C(F)(F)C(F)(F)C(F)(F)C(F)(F)F)C(F)(F)F. The number of nitrogens with zero attached hydrogens (tertiary/aromatic N) is 1. The first-order valence-electron chi connectivity index (χ1n) is 8.60. The van der Waals surface area contributed by atoms with Gasteiger partial charge >= 0.3 is 59.7 Å². The number of hydrogen-bond donors (Lipinski definition) is 2. The van der Waals surface area contributed by atoms with Crippen LogP contribution < -0.4 is 10.6 Å². The molecule has 1 rings (SSSR count). The number of anilines is 2. The first-order valence-corrected chi connectivity index (χ1v) is 9.39. The van der Waals surface area contributed by atoms with E-state index in [0.717, 1.165) is 5.32 Å². The van der Waals surface area contributed by atoms with Crippen molar-refractivity contribution in [3.63, 3.8) is 0 Å².